The molecule has 0 bridgehead atoms. The summed E-state index contributed by atoms with van der Waals surface area (Å²) in [6.45, 7) is 5.98. The highest BCUT2D eigenvalue weighted by Crippen LogP contribution is 2.33. The maximum Gasteiger partial charge on any atom is 0.340 e. The molecule has 1 aromatic carbocycles. The normalized spacial score (nSPS) is 12.7. The maximum atomic E-state index is 12.2. The van der Waals surface area contributed by atoms with Crippen LogP contribution in [0.2, 0.25) is 0 Å². The van der Waals surface area contributed by atoms with Crippen LogP contribution < -0.4 is 0 Å². The van der Waals surface area contributed by atoms with Crippen LogP contribution in [0.4, 0.5) is 0 Å². The molecule has 140 valence electrons. The Balaban J connectivity index is 2.52. The maximum absolute atomic E-state index is 12.2. The van der Waals surface area contributed by atoms with Crippen molar-refractivity contribution >= 4 is 11.9 Å². The molecule has 5 nitrogen and oxygen atoms in total. The lowest BCUT2D eigenvalue weighted by Crippen LogP contribution is -2.09. The number of fused-ring (bicyclic) bond motifs is 1. The summed E-state index contributed by atoms with van der Waals surface area (Å²) in [5.74, 6) is 4.89. The Morgan fingerprint density at radius 3 is 2.67 bits per heavy atom. The van der Waals surface area contributed by atoms with Gasteiger partial charge in [-0.2, -0.15) is 5.26 Å². The number of allylic oxidation sites excluding steroid dienone is 2. The number of rotatable bonds is 6. The van der Waals surface area contributed by atoms with Crippen molar-refractivity contribution in [3.8, 4) is 17.9 Å². The summed E-state index contributed by atoms with van der Waals surface area (Å²) in [5, 5.41) is 18.6. The number of nitriles is 1. The first kappa shape index (κ1) is 20.3. The lowest BCUT2D eigenvalue weighted by atomic mass is 9.85. The average molecular weight is 365 g/mol. The lowest BCUT2D eigenvalue weighted by molar-refractivity contribution is -0.136. The van der Waals surface area contributed by atoms with Gasteiger partial charge in [-0.1, -0.05) is 24.5 Å². The van der Waals surface area contributed by atoms with Gasteiger partial charge in [0.25, 0.3) is 0 Å². The van der Waals surface area contributed by atoms with Crippen LogP contribution >= 0.6 is 0 Å². The first-order valence-corrected chi connectivity index (χ1v) is 8.98. The number of ether oxygens (including phenoxy) is 1. The van der Waals surface area contributed by atoms with Gasteiger partial charge in [-0.15, -0.1) is 5.92 Å². The van der Waals surface area contributed by atoms with E-state index in [-0.39, 0.29) is 13.0 Å². The Bertz CT molecular complexity index is 907. The third-order valence-electron chi connectivity index (χ3n) is 4.74. The van der Waals surface area contributed by atoms with Crippen LogP contribution in [0, 0.1) is 30.1 Å². The number of hydrogen-bond donors (Lipinski definition) is 1. The van der Waals surface area contributed by atoms with Crippen molar-refractivity contribution in [1.82, 2.24) is 0 Å². The molecule has 0 saturated carbocycles. The van der Waals surface area contributed by atoms with Crippen LogP contribution in [-0.4, -0.2) is 17.0 Å². The van der Waals surface area contributed by atoms with Gasteiger partial charge in [-0.3, -0.25) is 4.79 Å². The molecule has 5 heteroatoms. The van der Waals surface area contributed by atoms with Gasteiger partial charge in [0.05, 0.1) is 11.1 Å². The van der Waals surface area contributed by atoms with Gasteiger partial charge in [0.1, 0.15) is 12.7 Å². The summed E-state index contributed by atoms with van der Waals surface area (Å²) in [6, 6.07) is 2.19. The van der Waals surface area contributed by atoms with E-state index in [0.717, 1.165) is 34.2 Å². The molecule has 0 saturated heterocycles. The van der Waals surface area contributed by atoms with E-state index in [2.05, 4.69) is 17.9 Å². The first-order valence-electron chi connectivity index (χ1n) is 8.98. The molecule has 0 aliphatic carbocycles. The molecule has 1 aliphatic rings. The van der Waals surface area contributed by atoms with Gasteiger partial charge in [-0.25, -0.2) is 4.79 Å². The van der Waals surface area contributed by atoms with E-state index >= 15 is 0 Å². The van der Waals surface area contributed by atoms with E-state index in [0.29, 0.717) is 30.4 Å². The second kappa shape index (κ2) is 9.05. The second-order valence-electron chi connectivity index (χ2n) is 6.53. The fourth-order valence-corrected chi connectivity index (χ4v) is 3.21. The van der Waals surface area contributed by atoms with E-state index in [1.807, 2.05) is 26.8 Å². The molecular weight excluding hydrogens is 342 g/mol. The summed E-state index contributed by atoms with van der Waals surface area (Å²) < 4.78 is 5.17. The predicted molar refractivity (Wildman–Crippen MR) is 101 cm³/mol. The second-order valence-corrected chi connectivity index (χ2v) is 6.53. The van der Waals surface area contributed by atoms with Crippen molar-refractivity contribution < 1.29 is 19.4 Å². The van der Waals surface area contributed by atoms with Crippen LogP contribution in [0.15, 0.2) is 11.6 Å². The Morgan fingerprint density at radius 1 is 1.30 bits per heavy atom. The number of nitrogens with zero attached hydrogens (tertiary/aromatic N) is 1. The fraction of sp³-hybridized carbons (Fsp3) is 0.409. The van der Waals surface area contributed by atoms with Gasteiger partial charge in [-0.05, 0) is 43.4 Å². The third-order valence-corrected chi connectivity index (χ3v) is 4.74. The van der Waals surface area contributed by atoms with Crippen molar-refractivity contribution in [2.45, 2.75) is 59.5 Å². The van der Waals surface area contributed by atoms with Crippen molar-refractivity contribution in [3.05, 3.63) is 45.0 Å². The molecular formula is C22H23NO4. The molecule has 1 aromatic rings. The molecule has 0 amide bonds. The molecule has 1 heterocycles. The Morgan fingerprint density at radius 2 is 2.04 bits per heavy atom. The van der Waals surface area contributed by atoms with Crippen molar-refractivity contribution in [3.63, 3.8) is 0 Å². The van der Waals surface area contributed by atoms with Crippen molar-refractivity contribution in [2.75, 3.05) is 0 Å². The van der Waals surface area contributed by atoms with Crippen LogP contribution in [0.25, 0.3) is 0 Å². The monoisotopic (exact) mass is 365 g/mol. The van der Waals surface area contributed by atoms with E-state index in [1.165, 1.54) is 0 Å². The summed E-state index contributed by atoms with van der Waals surface area (Å²) >= 11 is 0. The van der Waals surface area contributed by atoms with E-state index in [4.69, 9.17) is 9.84 Å². The van der Waals surface area contributed by atoms with Gasteiger partial charge >= 0.3 is 11.9 Å². The number of benzene rings is 1. The summed E-state index contributed by atoms with van der Waals surface area (Å²) in [6.07, 6.45) is 4.17. The number of carbonyl (C=O) groups excluding carboxylic acids is 1. The number of carbonyl (C=O) groups is 2. The molecule has 1 aliphatic heterocycles. The summed E-state index contributed by atoms with van der Waals surface area (Å²) in [5.41, 5.74) is 5.14. The number of aliphatic carboxylic acids is 1. The van der Waals surface area contributed by atoms with E-state index in [1.54, 1.807) is 0 Å². The van der Waals surface area contributed by atoms with Crippen molar-refractivity contribution in [2.24, 2.45) is 0 Å². The summed E-state index contributed by atoms with van der Waals surface area (Å²) in [7, 11) is 0. The SMILES string of the molecule is CCC#CCc1c(C)c2c(c(C#N)c1C/C=C(\C)CCC(=O)O)C(=O)OC2. The van der Waals surface area contributed by atoms with Gasteiger partial charge in [0.15, 0.2) is 0 Å². The van der Waals surface area contributed by atoms with Crippen LogP contribution in [0.1, 0.15) is 71.3 Å². The minimum absolute atomic E-state index is 0.0673. The van der Waals surface area contributed by atoms with Crippen molar-refractivity contribution in [1.29, 1.82) is 5.26 Å². The molecule has 1 N–H and O–H groups in total. The van der Waals surface area contributed by atoms with Gasteiger partial charge in [0.2, 0.25) is 0 Å². The Labute approximate surface area is 159 Å². The fourth-order valence-electron chi connectivity index (χ4n) is 3.21. The molecule has 0 unspecified atom stereocenters. The Hall–Kier alpha value is -3.05. The largest absolute Gasteiger partial charge is 0.481 e. The first-order chi connectivity index (χ1) is 12.9. The number of carboxylic acids is 1. The van der Waals surface area contributed by atoms with Crippen LogP contribution in [0.3, 0.4) is 0 Å². The number of esters is 1. The number of carboxylic acid groups (broad SMARTS) is 1. The highest BCUT2D eigenvalue weighted by atomic mass is 16.5. The molecule has 0 atom stereocenters. The van der Waals surface area contributed by atoms with Gasteiger partial charge in [0, 0.05) is 24.8 Å². The Kier molecular flexibility index (Phi) is 6.79. The minimum atomic E-state index is -0.841. The number of hydrogen-bond acceptors (Lipinski definition) is 4. The topological polar surface area (TPSA) is 87.4 Å². The lowest BCUT2D eigenvalue weighted by Gasteiger charge is -2.15. The van der Waals surface area contributed by atoms with E-state index in [9.17, 15) is 14.9 Å². The smallest absolute Gasteiger partial charge is 0.340 e. The van der Waals surface area contributed by atoms with Crippen LogP contribution in [-0.2, 0) is 29.0 Å². The third kappa shape index (κ3) is 4.57. The summed E-state index contributed by atoms with van der Waals surface area (Å²) in [4.78, 5) is 22.9. The standard InChI is InChI=1S/C22H23NO4/c1-4-5-6-7-16-15(3)19-13-27-22(26)21(19)18(12-23)17(16)10-8-14(2)9-11-20(24)25/h8H,4,7,9-11,13H2,1-3H3,(H,24,25)/b14-8+. The van der Waals surface area contributed by atoms with Gasteiger partial charge < -0.3 is 9.84 Å². The molecule has 0 spiro atoms. The zero-order valence-electron chi connectivity index (χ0n) is 15.9. The average Bonchev–Trinajstić information content (AvgIpc) is 3.02. The van der Waals surface area contributed by atoms with E-state index < -0.39 is 11.9 Å². The quantitative estimate of drug-likeness (QED) is 0.470. The zero-order chi connectivity index (χ0) is 20.0. The highest BCUT2D eigenvalue weighted by Gasteiger charge is 2.31. The molecule has 0 fully saturated rings. The zero-order valence-corrected chi connectivity index (χ0v) is 15.9. The minimum Gasteiger partial charge on any atom is -0.481 e. The number of cyclic esters (lactones) is 1. The molecule has 2 rings (SSSR count). The molecule has 0 radical (unpaired) electrons. The van der Waals surface area contributed by atoms with Crippen LogP contribution in [0.5, 0.6) is 0 Å². The predicted octanol–water partition coefficient (Wildman–Crippen LogP) is 3.85. The highest BCUT2D eigenvalue weighted by molar-refractivity contribution is 5.97. The molecule has 0 aromatic heterocycles. The molecule has 27 heavy (non-hydrogen) atoms.